The second-order valence-corrected chi connectivity index (χ2v) is 6.51. The molecule has 0 amide bonds. The molecule has 2 nitrogen and oxygen atoms in total. The summed E-state index contributed by atoms with van der Waals surface area (Å²) in [6.07, 6.45) is -0.00365. The number of carbonyl (C=O) groups excluding carboxylic acids is 2. The van der Waals surface area contributed by atoms with Gasteiger partial charge in [-0.25, -0.2) is 0 Å². The number of hydrogen-bond donors (Lipinski definition) is 0. The van der Waals surface area contributed by atoms with Crippen LogP contribution < -0.4 is 0 Å². The Morgan fingerprint density at radius 2 is 1.83 bits per heavy atom. The highest BCUT2D eigenvalue weighted by molar-refractivity contribution is 7.20. The fourth-order valence-corrected chi connectivity index (χ4v) is 2.62. The van der Waals surface area contributed by atoms with Crippen molar-refractivity contribution < 1.29 is 9.59 Å². The monoisotopic (exact) mass is 260 g/mol. The lowest BCUT2D eigenvalue weighted by Crippen LogP contribution is -2.22. The third-order valence-electron chi connectivity index (χ3n) is 2.86. The fourth-order valence-electron chi connectivity index (χ4n) is 1.62. The summed E-state index contributed by atoms with van der Waals surface area (Å²) in [5.74, 6) is -0.0823. The molecule has 1 heterocycles. The van der Waals surface area contributed by atoms with E-state index in [1.54, 1.807) is 0 Å². The summed E-state index contributed by atoms with van der Waals surface area (Å²) in [5.41, 5.74) is -0.452. The van der Waals surface area contributed by atoms with Crippen molar-refractivity contribution in [3.8, 4) is 0 Å². The van der Waals surface area contributed by atoms with Crippen molar-refractivity contribution in [2.24, 2.45) is 5.41 Å². The molecule has 0 aliphatic carbocycles. The van der Waals surface area contributed by atoms with Gasteiger partial charge in [0.05, 0.1) is 11.3 Å². The van der Waals surface area contributed by atoms with Crippen LogP contribution in [0.4, 0.5) is 0 Å². The molecule has 0 spiro atoms. The van der Waals surface area contributed by atoms with Gasteiger partial charge in [-0.3, -0.25) is 9.59 Å². The highest BCUT2D eigenvalue weighted by atomic mass is 32.1. The first-order valence-electron chi connectivity index (χ1n) is 5.93. The van der Waals surface area contributed by atoms with E-state index in [4.69, 9.17) is 0 Å². The van der Waals surface area contributed by atoms with Gasteiger partial charge in [-0.2, -0.15) is 0 Å². The highest BCUT2D eigenvalue weighted by Gasteiger charge is 2.24. The molecule has 1 aromatic heterocycles. The normalized spacial score (nSPS) is 11.7. The Kier molecular flexibility index (Phi) is 3.35. The second-order valence-electron chi connectivity index (χ2n) is 5.42. The van der Waals surface area contributed by atoms with E-state index in [2.05, 4.69) is 0 Å². The van der Waals surface area contributed by atoms with Gasteiger partial charge in [-0.05, 0) is 17.5 Å². The number of Topliss-reactive ketones (excluding diaryl/α,β-unsaturated/α-hetero) is 2. The topological polar surface area (TPSA) is 34.1 Å². The minimum Gasteiger partial charge on any atom is -0.299 e. The van der Waals surface area contributed by atoms with Crippen LogP contribution >= 0.6 is 11.3 Å². The van der Waals surface area contributed by atoms with Gasteiger partial charge in [-0.1, -0.05) is 39.0 Å². The van der Waals surface area contributed by atoms with Crippen molar-refractivity contribution >= 4 is 33.0 Å². The number of fused-ring (bicyclic) bond motifs is 1. The number of hydrogen-bond acceptors (Lipinski definition) is 3. The smallest absolute Gasteiger partial charge is 0.180 e. The zero-order chi connectivity index (χ0) is 13.3. The third-order valence-corrected chi connectivity index (χ3v) is 4.02. The lowest BCUT2D eigenvalue weighted by molar-refractivity contribution is -0.125. The maximum Gasteiger partial charge on any atom is 0.180 e. The summed E-state index contributed by atoms with van der Waals surface area (Å²) in [6, 6.07) is 9.74. The molecule has 0 fully saturated rings. The van der Waals surface area contributed by atoms with Gasteiger partial charge in [0.1, 0.15) is 5.78 Å². The molecule has 0 N–H and O–H groups in total. The van der Waals surface area contributed by atoms with Crippen LogP contribution in [-0.2, 0) is 4.79 Å². The van der Waals surface area contributed by atoms with Gasteiger partial charge in [-0.15, -0.1) is 11.3 Å². The van der Waals surface area contributed by atoms with Crippen LogP contribution in [0.15, 0.2) is 30.3 Å². The number of ketones is 2. The minimum atomic E-state index is -0.452. The summed E-state index contributed by atoms with van der Waals surface area (Å²) in [7, 11) is 0. The van der Waals surface area contributed by atoms with Crippen LogP contribution in [0.2, 0.25) is 0 Å². The Morgan fingerprint density at radius 1 is 1.17 bits per heavy atom. The molecule has 0 radical (unpaired) electrons. The van der Waals surface area contributed by atoms with E-state index in [1.807, 2.05) is 51.1 Å². The van der Waals surface area contributed by atoms with E-state index in [0.29, 0.717) is 4.88 Å². The third kappa shape index (κ3) is 2.67. The summed E-state index contributed by atoms with van der Waals surface area (Å²) in [5, 5.41) is 1.06. The molecule has 0 saturated carbocycles. The van der Waals surface area contributed by atoms with E-state index < -0.39 is 5.41 Å². The van der Waals surface area contributed by atoms with Gasteiger partial charge < -0.3 is 0 Å². The SMILES string of the molecule is CC(C)(C)C(=O)CC(=O)c1cc2ccccc2s1. The predicted molar refractivity (Wildman–Crippen MR) is 75.2 cm³/mol. The average Bonchev–Trinajstić information content (AvgIpc) is 2.71. The lowest BCUT2D eigenvalue weighted by atomic mass is 9.88. The van der Waals surface area contributed by atoms with Crippen LogP contribution in [0.25, 0.3) is 10.1 Å². The van der Waals surface area contributed by atoms with Crippen LogP contribution in [0, 0.1) is 5.41 Å². The predicted octanol–water partition coefficient (Wildman–Crippen LogP) is 4.09. The van der Waals surface area contributed by atoms with Crippen molar-refractivity contribution in [1.82, 2.24) is 0 Å². The van der Waals surface area contributed by atoms with Crippen LogP contribution in [0.5, 0.6) is 0 Å². The van der Waals surface area contributed by atoms with Gasteiger partial charge in [0.15, 0.2) is 5.78 Å². The second kappa shape index (κ2) is 4.65. The maximum atomic E-state index is 12.1. The van der Waals surface area contributed by atoms with Crippen molar-refractivity contribution in [3.05, 3.63) is 35.2 Å². The molecule has 3 heteroatoms. The van der Waals surface area contributed by atoms with Crippen molar-refractivity contribution in [1.29, 1.82) is 0 Å². The van der Waals surface area contributed by atoms with Crippen molar-refractivity contribution in [3.63, 3.8) is 0 Å². The standard InChI is InChI=1S/C15H16O2S/c1-15(2,3)14(17)9-11(16)13-8-10-6-4-5-7-12(10)18-13/h4-8H,9H2,1-3H3. The molecule has 0 atom stereocenters. The molecule has 18 heavy (non-hydrogen) atoms. The molecule has 1 aromatic carbocycles. The largest absolute Gasteiger partial charge is 0.299 e. The van der Waals surface area contributed by atoms with E-state index >= 15 is 0 Å². The summed E-state index contributed by atoms with van der Waals surface area (Å²) >= 11 is 1.46. The Bertz CT molecular complexity index is 569. The maximum absolute atomic E-state index is 12.1. The fraction of sp³-hybridized carbons (Fsp3) is 0.333. The van der Waals surface area contributed by atoms with Gasteiger partial charge in [0.25, 0.3) is 0 Å². The van der Waals surface area contributed by atoms with Gasteiger partial charge >= 0.3 is 0 Å². The first kappa shape index (κ1) is 13.0. The highest BCUT2D eigenvalue weighted by Crippen LogP contribution is 2.27. The molecule has 94 valence electrons. The summed E-state index contributed by atoms with van der Waals surface area (Å²) in [4.78, 5) is 24.6. The van der Waals surface area contributed by atoms with Gasteiger partial charge in [0, 0.05) is 10.1 Å². The van der Waals surface area contributed by atoms with E-state index in [1.165, 1.54) is 11.3 Å². The summed E-state index contributed by atoms with van der Waals surface area (Å²) in [6.45, 7) is 5.52. The molecule has 0 unspecified atom stereocenters. The lowest BCUT2D eigenvalue weighted by Gasteiger charge is -2.15. The molecular formula is C15H16O2S. The molecule has 0 saturated heterocycles. The number of carbonyl (C=O) groups is 2. The minimum absolute atomic E-state index is 0.00365. The zero-order valence-corrected chi connectivity index (χ0v) is 11.6. The Hall–Kier alpha value is -1.48. The van der Waals surface area contributed by atoms with E-state index in [9.17, 15) is 9.59 Å². The molecule has 0 bridgehead atoms. The number of benzene rings is 1. The average molecular weight is 260 g/mol. The first-order chi connectivity index (χ1) is 8.38. The molecule has 0 aliphatic heterocycles. The molecular weight excluding hydrogens is 244 g/mol. The Labute approximate surface area is 111 Å². The summed E-state index contributed by atoms with van der Waals surface area (Å²) < 4.78 is 1.09. The quantitative estimate of drug-likeness (QED) is 0.615. The Balaban J connectivity index is 2.21. The van der Waals surface area contributed by atoms with Gasteiger partial charge in [0.2, 0.25) is 0 Å². The van der Waals surface area contributed by atoms with Crippen LogP contribution in [-0.4, -0.2) is 11.6 Å². The Morgan fingerprint density at radius 3 is 2.44 bits per heavy atom. The first-order valence-corrected chi connectivity index (χ1v) is 6.74. The van der Waals surface area contributed by atoms with Crippen molar-refractivity contribution in [2.75, 3.05) is 0 Å². The van der Waals surface area contributed by atoms with Crippen LogP contribution in [0.1, 0.15) is 36.9 Å². The van der Waals surface area contributed by atoms with Crippen LogP contribution in [0.3, 0.4) is 0 Å². The molecule has 2 rings (SSSR count). The van der Waals surface area contributed by atoms with Crippen molar-refractivity contribution in [2.45, 2.75) is 27.2 Å². The number of rotatable bonds is 3. The number of thiophene rings is 1. The van der Waals surface area contributed by atoms with E-state index in [-0.39, 0.29) is 18.0 Å². The zero-order valence-electron chi connectivity index (χ0n) is 10.8. The molecule has 0 aliphatic rings. The molecule has 2 aromatic rings. The van der Waals surface area contributed by atoms with E-state index in [0.717, 1.165) is 10.1 Å².